The number of methoxy groups -OCH3 is 1. The van der Waals surface area contributed by atoms with Crippen molar-refractivity contribution in [2.24, 2.45) is 0 Å². The summed E-state index contributed by atoms with van der Waals surface area (Å²) in [5.41, 5.74) is 3.15. The van der Waals surface area contributed by atoms with E-state index in [1.54, 1.807) is 7.11 Å². The lowest BCUT2D eigenvalue weighted by Crippen LogP contribution is -1.97. The van der Waals surface area contributed by atoms with Crippen molar-refractivity contribution >= 4 is 5.78 Å². The molecule has 1 aliphatic carbocycles. The maximum Gasteiger partial charge on any atom is 0.164 e. The van der Waals surface area contributed by atoms with Gasteiger partial charge >= 0.3 is 0 Å². The van der Waals surface area contributed by atoms with E-state index in [2.05, 4.69) is 6.07 Å². The number of carbonyl (C=O) groups excluding carboxylic acids is 1. The minimum Gasteiger partial charge on any atom is -0.497 e. The first-order valence-corrected chi connectivity index (χ1v) is 6.05. The Balaban J connectivity index is 2.06. The predicted octanol–water partition coefficient (Wildman–Crippen LogP) is 3.41. The molecule has 2 aromatic carbocycles. The lowest BCUT2D eigenvalue weighted by atomic mass is 9.93. The van der Waals surface area contributed by atoms with Crippen LogP contribution in [0.5, 0.6) is 5.75 Å². The van der Waals surface area contributed by atoms with Crippen molar-refractivity contribution in [1.82, 2.24) is 0 Å². The summed E-state index contributed by atoms with van der Waals surface area (Å²) in [6, 6.07) is 15.8. The summed E-state index contributed by atoms with van der Waals surface area (Å²) in [5, 5.41) is 0. The second-order valence-electron chi connectivity index (χ2n) is 4.54. The van der Waals surface area contributed by atoms with Gasteiger partial charge in [0.2, 0.25) is 0 Å². The molecule has 0 radical (unpaired) electrons. The van der Waals surface area contributed by atoms with Crippen LogP contribution in [0.4, 0.5) is 0 Å². The Morgan fingerprint density at radius 2 is 1.94 bits per heavy atom. The normalized spacial score (nSPS) is 17.6. The summed E-state index contributed by atoms with van der Waals surface area (Å²) >= 11 is 0. The van der Waals surface area contributed by atoms with E-state index in [4.69, 9.17) is 4.74 Å². The molecule has 18 heavy (non-hydrogen) atoms. The number of fused-ring (bicyclic) bond motifs is 1. The van der Waals surface area contributed by atoms with E-state index in [1.165, 1.54) is 0 Å². The van der Waals surface area contributed by atoms with Gasteiger partial charge in [0.25, 0.3) is 0 Å². The summed E-state index contributed by atoms with van der Waals surface area (Å²) in [4.78, 5) is 12.0. The van der Waals surface area contributed by atoms with Gasteiger partial charge < -0.3 is 4.74 Å². The van der Waals surface area contributed by atoms with E-state index < -0.39 is 0 Å². The molecule has 0 aromatic heterocycles. The van der Waals surface area contributed by atoms with Gasteiger partial charge in [-0.3, -0.25) is 4.79 Å². The molecule has 0 saturated carbocycles. The van der Waals surface area contributed by atoms with Gasteiger partial charge in [-0.15, -0.1) is 0 Å². The van der Waals surface area contributed by atoms with Crippen molar-refractivity contribution in [2.75, 3.05) is 7.11 Å². The van der Waals surface area contributed by atoms with Gasteiger partial charge in [-0.25, -0.2) is 0 Å². The standard InChI is InChI=1S/C16H14O2/c1-18-12-6-4-5-11(9-12)15-10-16(17)14-8-3-2-7-13(14)15/h2-9,15H,10H2,1H3. The number of hydrogen-bond acceptors (Lipinski definition) is 2. The molecule has 0 fully saturated rings. The molecule has 0 N–H and O–H groups in total. The Kier molecular flexibility index (Phi) is 2.63. The Bertz CT molecular complexity index is 602. The highest BCUT2D eigenvalue weighted by molar-refractivity contribution is 6.01. The van der Waals surface area contributed by atoms with Crippen LogP contribution in [0.3, 0.4) is 0 Å². The molecule has 0 saturated heterocycles. The highest BCUT2D eigenvalue weighted by Crippen LogP contribution is 2.38. The van der Waals surface area contributed by atoms with Crippen LogP contribution in [-0.2, 0) is 0 Å². The van der Waals surface area contributed by atoms with E-state index >= 15 is 0 Å². The first kappa shape index (κ1) is 11.0. The third-order valence-corrected chi connectivity index (χ3v) is 3.52. The van der Waals surface area contributed by atoms with Gasteiger partial charge in [0.1, 0.15) is 5.75 Å². The van der Waals surface area contributed by atoms with Crippen LogP contribution in [0, 0.1) is 0 Å². The lowest BCUT2D eigenvalue weighted by molar-refractivity contribution is 0.0991. The van der Waals surface area contributed by atoms with E-state index in [0.717, 1.165) is 22.4 Å². The quantitative estimate of drug-likeness (QED) is 0.801. The zero-order valence-corrected chi connectivity index (χ0v) is 10.2. The highest BCUT2D eigenvalue weighted by Gasteiger charge is 2.29. The minimum atomic E-state index is 0.170. The molecule has 90 valence electrons. The number of Topliss-reactive ketones (excluding diaryl/α,β-unsaturated/α-hetero) is 1. The molecule has 0 aliphatic heterocycles. The number of rotatable bonds is 2. The van der Waals surface area contributed by atoms with Crippen LogP contribution in [0.1, 0.15) is 33.8 Å². The van der Waals surface area contributed by atoms with Crippen LogP contribution in [-0.4, -0.2) is 12.9 Å². The Morgan fingerprint density at radius 1 is 1.11 bits per heavy atom. The Hall–Kier alpha value is -2.09. The Labute approximate surface area is 106 Å². The molecule has 2 nitrogen and oxygen atoms in total. The van der Waals surface area contributed by atoms with Gasteiger partial charge in [-0.2, -0.15) is 0 Å². The highest BCUT2D eigenvalue weighted by atomic mass is 16.5. The van der Waals surface area contributed by atoms with E-state index in [1.807, 2.05) is 42.5 Å². The van der Waals surface area contributed by atoms with Crippen molar-refractivity contribution in [1.29, 1.82) is 0 Å². The summed E-state index contributed by atoms with van der Waals surface area (Å²) in [5.74, 6) is 1.24. The van der Waals surface area contributed by atoms with Gasteiger partial charge in [0.05, 0.1) is 7.11 Å². The first-order valence-electron chi connectivity index (χ1n) is 6.05. The van der Waals surface area contributed by atoms with Crippen LogP contribution >= 0.6 is 0 Å². The fourth-order valence-electron chi connectivity index (χ4n) is 2.62. The smallest absolute Gasteiger partial charge is 0.164 e. The average molecular weight is 238 g/mol. The molecule has 1 aliphatic rings. The minimum absolute atomic E-state index is 0.170. The van der Waals surface area contributed by atoms with E-state index in [9.17, 15) is 4.79 Å². The molecule has 2 aromatic rings. The van der Waals surface area contributed by atoms with Crippen molar-refractivity contribution in [3.8, 4) is 5.75 Å². The van der Waals surface area contributed by atoms with Crippen molar-refractivity contribution in [3.63, 3.8) is 0 Å². The maximum absolute atomic E-state index is 12.0. The summed E-state index contributed by atoms with van der Waals surface area (Å²) in [6.45, 7) is 0. The number of ether oxygens (including phenoxy) is 1. The molecule has 1 unspecified atom stereocenters. The largest absolute Gasteiger partial charge is 0.497 e. The van der Waals surface area contributed by atoms with E-state index in [-0.39, 0.29) is 11.7 Å². The molecule has 2 heteroatoms. The third-order valence-electron chi connectivity index (χ3n) is 3.52. The van der Waals surface area contributed by atoms with Gasteiger partial charge in [0.15, 0.2) is 5.78 Å². The van der Waals surface area contributed by atoms with Gasteiger partial charge in [-0.05, 0) is 23.3 Å². The van der Waals surface area contributed by atoms with Crippen molar-refractivity contribution in [3.05, 3.63) is 65.2 Å². The van der Waals surface area contributed by atoms with Gasteiger partial charge in [0, 0.05) is 17.9 Å². The van der Waals surface area contributed by atoms with Gasteiger partial charge in [-0.1, -0.05) is 36.4 Å². The number of hydrogen-bond donors (Lipinski definition) is 0. The molecule has 0 amide bonds. The number of ketones is 1. The molecule has 0 bridgehead atoms. The lowest BCUT2D eigenvalue weighted by Gasteiger charge is -2.12. The summed E-state index contributed by atoms with van der Waals surface area (Å²) in [6.07, 6.45) is 0.562. The molecule has 1 atom stereocenters. The average Bonchev–Trinajstić information content (AvgIpc) is 2.77. The van der Waals surface area contributed by atoms with Crippen molar-refractivity contribution < 1.29 is 9.53 Å². The monoisotopic (exact) mass is 238 g/mol. The molecule has 3 rings (SSSR count). The first-order chi connectivity index (χ1) is 8.79. The second-order valence-corrected chi connectivity index (χ2v) is 4.54. The van der Waals surface area contributed by atoms with Crippen LogP contribution < -0.4 is 4.74 Å². The van der Waals surface area contributed by atoms with Crippen LogP contribution in [0.2, 0.25) is 0 Å². The second kappa shape index (κ2) is 4.30. The summed E-state index contributed by atoms with van der Waals surface area (Å²) in [7, 11) is 1.66. The third kappa shape index (κ3) is 1.70. The molecular weight excluding hydrogens is 224 g/mol. The van der Waals surface area contributed by atoms with E-state index in [0.29, 0.717) is 6.42 Å². The van der Waals surface area contributed by atoms with Crippen molar-refractivity contribution in [2.45, 2.75) is 12.3 Å². The fraction of sp³-hybridized carbons (Fsp3) is 0.188. The fourth-order valence-corrected chi connectivity index (χ4v) is 2.62. The maximum atomic E-state index is 12.0. The zero-order chi connectivity index (χ0) is 12.5. The predicted molar refractivity (Wildman–Crippen MR) is 70.2 cm³/mol. The molecular formula is C16H14O2. The SMILES string of the molecule is COc1cccc(C2CC(=O)c3ccccc32)c1. The molecule has 0 spiro atoms. The number of carbonyl (C=O) groups is 1. The van der Waals surface area contributed by atoms with Crippen LogP contribution in [0.15, 0.2) is 48.5 Å². The Morgan fingerprint density at radius 3 is 2.78 bits per heavy atom. The topological polar surface area (TPSA) is 26.3 Å². The van der Waals surface area contributed by atoms with Crippen LogP contribution in [0.25, 0.3) is 0 Å². The zero-order valence-electron chi connectivity index (χ0n) is 10.2. The number of benzene rings is 2. The molecule has 0 heterocycles. The summed E-state index contributed by atoms with van der Waals surface area (Å²) < 4.78 is 5.24.